The van der Waals surface area contributed by atoms with Crippen molar-refractivity contribution in [2.45, 2.75) is 56.8 Å². The monoisotopic (exact) mass is 532 g/mol. The third-order valence-electron chi connectivity index (χ3n) is 7.13. The first kappa shape index (κ1) is 26.3. The molecule has 2 aromatic carbocycles. The number of furan rings is 1. The molecule has 9 nitrogen and oxygen atoms in total. The number of benzene rings is 2. The summed E-state index contributed by atoms with van der Waals surface area (Å²) in [6.07, 6.45) is 5.58. The minimum atomic E-state index is -1.00. The number of rotatable bonds is 8. The van der Waals surface area contributed by atoms with Gasteiger partial charge in [0.05, 0.1) is 25.5 Å². The van der Waals surface area contributed by atoms with E-state index in [0.29, 0.717) is 28.4 Å². The Kier molecular flexibility index (Phi) is 8.15. The number of nitrogens with zero attached hydrogens (tertiary/aromatic N) is 1. The molecular weight excluding hydrogens is 500 g/mol. The number of fused-ring (bicyclic) bond motifs is 1. The molecule has 39 heavy (non-hydrogen) atoms. The highest BCUT2D eigenvalue weighted by atomic mass is 16.6. The minimum Gasteiger partial charge on any atom is -0.485 e. The smallest absolute Gasteiger partial charge is 0.337 e. The van der Waals surface area contributed by atoms with Crippen LogP contribution in [-0.2, 0) is 20.9 Å². The molecule has 0 bridgehead atoms. The van der Waals surface area contributed by atoms with Crippen LogP contribution in [0.5, 0.6) is 11.5 Å². The third kappa shape index (κ3) is 6.08. The highest BCUT2D eigenvalue weighted by Gasteiger charge is 2.39. The quantitative estimate of drug-likeness (QED) is 0.428. The molecule has 1 fully saturated rings. The summed E-state index contributed by atoms with van der Waals surface area (Å²) in [5, 5.41) is 3.17. The van der Waals surface area contributed by atoms with Crippen molar-refractivity contribution in [2.24, 2.45) is 0 Å². The van der Waals surface area contributed by atoms with Gasteiger partial charge in [-0.2, -0.15) is 0 Å². The molecule has 1 saturated carbocycles. The molecule has 1 aliphatic carbocycles. The van der Waals surface area contributed by atoms with Gasteiger partial charge in [-0.25, -0.2) is 4.79 Å². The number of carbonyl (C=O) groups excluding carboxylic acids is 3. The Morgan fingerprint density at radius 3 is 2.41 bits per heavy atom. The molecule has 2 atom stereocenters. The fraction of sp³-hybridized carbons (Fsp3) is 0.367. The predicted octanol–water partition coefficient (Wildman–Crippen LogP) is 4.43. The standard InChI is InChI=1S/C30H32N2O7/c1-36-30(35)21-15-13-20(14-16-21)27(28(33)31-22-8-3-2-4-9-22)32(18-23-10-7-17-37-23)29(34)26-19-38-24-11-5-6-12-25(24)39-26/h5-7,10-17,22,26-27H,2-4,8-9,18-19H2,1H3,(H,31,33)/t26-,27+/m1/s1. The topological polar surface area (TPSA) is 107 Å². The zero-order chi connectivity index (χ0) is 27.2. The van der Waals surface area contributed by atoms with Crippen LogP contribution >= 0.6 is 0 Å². The second-order valence-electron chi connectivity index (χ2n) is 9.77. The van der Waals surface area contributed by atoms with Crippen molar-refractivity contribution in [3.8, 4) is 11.5 Å². The van der Waals surface area contributed by atoms with Crippen LogP contribution in [0.25, 0.3) is 0 Å². The molecule has 9 heteroatoms. The van der Waals surface area contributed by atoms with Gasteiger partial charge in [0.1, 0.15) is 18.4 Å². The molecule has 0 saturated heterocycles. The van der Waals surface area contributed by atoms with Gasteiger partial charge in [0.15, 0.2) is 11.5 Å². The Morgan fingerprint density at radius 2 is 1.72 bits per heavy atom. The van der Waals surface area contributed by atoms with Crippen molar-refractivity contribution >= 4 is 17.8 Å². The maximum absolute atomic E-state index is 14.1. The van der Waals surface area contributed by atoms with Gasteiger partial charge in [0.25, 0.3) is 5.91 Å². The van der Waals surface area contributed by atoms with Crippen LogP contribution in [0, 0.1) is 0 Å². The van der Waals surface area contributed by atoms with Gasteiger partial charge in [-0.3, -0.25) is 9.59 Å². The Labute approximate surface area is 227 Å². The molecule has 5 rings (SSSR count). The zero-order valence-electron chi connectivity index (χ0n) is 21.8. The van der Waals surface area contributed by atoms with Crippen LogP contribution in [0.2, 0.25) is 0 Å². The van der Waals surface area contributed by atoms with Crippen LogP contribution in [0.3, 0.4) is 0 Å². The lowest BCUT2D eigenvalue weighted by Crippen LogP contribution is -2.52. The number of methoxy groups -OCH3 is 1. The molecule has 1 aromatic heterocycles. The molecule has 0 unspecified atom stereocenters. The number of amides is 2. The summed E-state index contributed by atoms with van der Waals surface area (Å²) >= 11 is 0. The van der Waals surface area contributed by atoms with Gasteiger partial charge in [0.2, 0.25) is 12.0 Å². The molecular formula is C30H32N2O7. The maximum atomic E-state index is 14.1. The van der Waals surface area contributed by atoms with Crippen molar-refractivity contribution in [1.82, 2.24) is 10.2 Å². The van der Waals surface area contributed by atoms with E-state index in [1.807, 2.05) is 6.07 Å². The second kappa shape index (κ2) is 12.1. The summed E-state index contributed by atoms with van der Waals surface area (Å²) in [5.74, 6) is 0.336. The first-order chi connectivity index (χ1) is 19.0. The van der Waals surface area contributed by atoms with E-state index >= 15 is 0 Å². The largest absolute Gasteiger partial charge is 0.485 e. The Bertz CT molecular complexity index is 1280. The molecule has 3 aromatic rings. The summed E-state index contributed by atoms with van der Waals surface area (Å²) in [5.41, 5.74) is 0.894. The van der Waals surface area contributed by atoms with Crippen LogP contribution < -0.4 is 14.8 Å². The van der Waals surface area contributed by atoms with E-state index in [0.717, 1.165) is 32.1 Å². The zero-order valence-corrected chi connectivity index (χ0v) is 21.8. The lowest BCUT2D eigenvalue weighted by atomic mass is 9.94. The molecule has 1 aliphatic heterocycles. The third-order valence-corrected chi connectivity index (χ3v) is 7.13. The van der Waals surface area contributed by atoms with E-state index in [1.165, 1.54) is 18.3 Å². The molecule has 204 valence electrons. The fourth-order valence-corrected chi connectivity index (χ4v) is 5.11. The van der Waals surface area contributed by atoms with Crippen LogP contribution in [-0.4, -0.2) is 48.5 Å². The Hall–Kier alpha value is -4.27. The summed E-state index contributed by atoms with van der Waals surface area (Å²) in [6, 6.07) is 16.2. The van der Waals surface area contributed by atoms with Gasteiger partial charge in [-0.05, 0) is 54.8 Å². The highest BCUT2D eigenvalue weighted by Crippen LogP contribution is 2.33. The fourth-order valence-electron chi connectivity index (χ4n) is 5.11. The number of hydrogen-bond acceptors (Lipinski definition) is 7. The average molecular weight is 533 g/mol. The lowest BCUT2D eigenvalue weighted by Gasteiger charge is -2.36. The summed E-state index contributed by atoms with van der Waals surface area (Å²) in [6.45, 7) is 0.0393. The number of ether oxygens (including phenoxy) is 3. The van der Waals surface area contributed by atoms with Crippen molar-refractivity contribution in [1.29, 1.82) is 0 Å². The summed E-state index contributed by atoms with van der Waals surface area (Å²) in [4.78, 5) is 41.5. The first-order valence-electron chi connectivity index (χ1n) is 13.2. The number of hydrogen-bond donors (Lipinski definition) is 1. The van der Waals surface area contributed by atoms with Gasteiger partial charge in [0, 0.05) is 6.04 Å². The molecule has 1 N–H and O–H groups in total. The summed E-state index contributed by atoms with van der Waals surface area (Å²) in [7, 11) is 1.31. The van der Waals surface area contributed by atoms with Crippen LogP contribution in [0.15, 0.2) is 71.3 Å². The summed E-state index contributed by atoms with van der Waals surface area (Å²) < 4.78 is 22.3. The predicted molar refractivity (Wildman–Crippen MR) is 141 cm³/mol. The average Bonchev–Trinajstić information content (AvgIpc) is 3.50. The van der Waals surface area contributed by atoms with E-state index < -0.39 is 24.0 Å². The van der Waals surface area contributed by atoms with Crippen molar-refractivity contribution < 1.29 is 33.0 Å². The molecule has 0 radical (unpaired) electrons. The maximum Gasteiger partial charge on any atom is 0.337 e. The number of carbonyl (C=O) groups is 3. The molecule has 2 heterocycles. The highest BCUT2D eigenvalue weighted by molar-refractivity contribution is 5.92. The van der Waals surface area contributed by atoms with Crippen LogP contribution in [0.1, 0.15) is 59.8 Å². The normalized spacial score (nSPS) is 17.6. The second-order valence-corrected chi connectivity index (χ2v) is 9.77. The van der Waals surface area contributed by atoms with Crippen molar-refractivity contribution in [3.63, 3.8) is 0 Å². The Balaban J connectivity index is 1.49. The van der Waals surface area contributed by atoms with Crippen molar-refractivity contribution in [2.75, 3.05) is 13.7 Å². The molecule has 0 spiro atoms. The number of esters is 1. The van der Waals surface area contributed by atoms with Crippen molar-refractivity contribution in [3.05, 3.63) is 83.8 Å². The van der Waals surface area contributed by atoms with Gasteiger partial charge < -0.3 is 28.8 Å². The SMILES string of the molecule is COC(=O)c1ccc([C@@H](C(=O)NC2CCCCC2)N(Cc2ccco2)C(=O)[C@H]2COc3ccccc3O2)cc1. The number of nitrogens with one attached hydrogen (secondary N) is 1. The van der Waals surface area contributed by atoms with E-state index in [9.17, 15) is 14.4 Å². The first-order valence-corrected chi connectivity index (χ1v) is 13.2. The van der Waals surface area contributed by atoms with Gasteiger partial charge in [-0.1, -0.05) is 43.5 Å². The van der Waals surface area contributed by atoms with E-state index in [2.05, 4.69) is 5.32 Å². The number of para-hydroxylation sites is 2. The molecule has 2 aliphatic rings. The van der Waals surface area contributed by atoms with E-state index in [-0.39, 0.29) is 25.1 Å². The van der Waals surface area contributed by atoms with Gasteiger partial charge in [-0.15, -0.1) is 0 Å². The van der Waals surface area contributed by atoms with E-state index in [1.54, 1.807) is 54.6 Å². The Morgan fingerprint density at radius 1 is 0.974 bits per heavy atom. The van der Waals surface area contributed by atoms with Gasteiger partial charge >= 0.3 is 5.97 Å². The minimum absolute atomic E-state index is 0.00272. The van der Waals surface area contributed by atoms with Crippen LogP contribution in [0.4, 0.5) is 0 Å². The molecule has 2 amide bonds. The van der Waals surface area contributed by atoms with E-state index in [4.69, 9.17) is 18.6 Å². The lowest BCUT2D eigenvalue weighted by molar-refractivity contribution is -0.149.